The molecule has 0 saturated carbocycles. The molecule has 4 nitrogen and oxygen atoms in total. The number of benzene rings is 1. The Morgan fingerprint density at radius 1 is 1.37 bits per heavy atom. The van der Waals surface area contributed by atoms with Crippen LogP contribution in [0.5, 0.6) is 0 Å². The van der Waals surface area contributed by atoms with Gasteiger partial charge in [-0.25, -0.2) is 4.98 Å². The summed E-state index contributed by atoms with van der Waals surface area (Å²) in [6.07, 6.45) is 2.94. The molecule has 2 rings (SSSR count). The summed E-state index contributed by atoms with van der Waals surface area (Å²) in [6, 6.07) is 6.26. The van der Waals surface area contributed by atoms with Gasteiger partial charge in [-0.1, -0.05) is 26.3 Å². The molecule has 0 aliphatic heterocycles. The zero-order valence-electron chi connectivity index (χ0n) is 11.8. The van der Waals surface area contributed by atoms with Gasteiger partial charge < -0.3 is 15.4 Å². The van der Waals surface area contributed by atoms with Crippen LogP contribution < -0.4 is 5.73 Å². The predicted octanol–water partition coefficient (Wildman–Crippen LogP) is 2.39. The number of rotatable bonds is 6. The summed E-state index contributed by atoms with van der Waals surface area (Å²) in [6.45, 7) is 4.91. The Kier molecular flexibility index (Phi) is 4.56. The van der Waals surface area contributed by atoms with Crippen molar-refractivity contribution in [3.63, 3.8) is 0 Å². The smallest absolute Gasteiger partial charge is 0.126 e. The molecule has 104 valence electrons. The number of aliphatic hydroxyl groups is 1. The standard InChI is InChI=1S/C15H23N3O/c1-3-5-12(16)15-17-13-10-11(4-2)6-7-14(13)18(15)8-9-19/h6-7,10,12,19H,3-5,8-9,16H2,1-2H3. The summed E-state index contributed by atoms with van der Waals surface area (Å²) in [5.74, 6) is 0.888. The van der Waals surface area contributed by atoms with E-state index < -0.39 is 0 Å². The molecule has 0 amide bonds. The molecule has 0 aliphatic carbocycles. The number of aryl methyl sites for hydroxylation is 1. The second-order valence-corrected chi connectivity index (χ2v) is 4.92. The summed E-state index contributed by atoms with van der Waals surface area (Å²) in [4.78, 5) is 4.69. The molecule has 0 radical (unpaired) electrons. The monoisotopic (exact) mass is 261 g/mol. The number of hydrogen-bond donors (Lipinski definition) is 2. The van der Waals surface area contributed by atoms with Crippen molar-refractivity contribution in [2.45, 2.75) is 45.7 Å². The maximum atomic E-state index is 9.24. The van der Waals surface area contributed by atoms with Crippen LogP contribution in [0.2, 0.25) is 0 Å². The molecule has 0 spiro atoms. The highest BCUT2D eigenvalue weighted by atomic mass is 16.3. The Morgan fingerprint density at radius 2 is 2.16 bits per heavy atom. The highest BCUT2D eigenvalue weighted by Crippen LogP contribution is 2.23. The maximum Gasteiger partial charge on any atom is 0.126 e. The highest BCUT2D eigenvalue weighted by molar-refractivity contribution is 5.77. The first-order valence-electron chi connectivity index (χ1n) is 7.06. The van der Waals surface area contributed by atoms with Gasteiger partial charge in [-0.3, -0.25) is 0 Å². The summed E-state index contributed by atoms with van der Waals surface area (Å²) in [7, 11) is 0. The van der Waals surface area contributed by atoms with Crippen LogP contribution in [0.25, 0.3) is 11.0 Å². The number of fused-ring (bicyclic) bond motifs is 1. The second-order valence-electron chi connectivity index (χ2n) is 4.92. The van der Waals surface area contributed by atoms with Crippen LogP contribution in [-0.2, 0) is 13.0 Å². The molecule has 1 atom stereocenters. The topological polar surface area (TPSA) is 64.1 Å². The highest BCUT2D eigenvalue weighted by Gasteiger charge is 2.16. The lowest BCUT2D eigenvalue weighted by molar-refractivity contribution is 0.274. The minimum absolute atomic E-state index is 0.0611. The fourth-order valence-corrected chi connectivity index (χ4v) is 2.47. The van der Waals surface area contributed by atoms with Crippen molar-refractivity contribution < 1.29 is 5.11 Å². The molecule has 0 saturated heterocycles. The molecular formula is C15H23N3O. The van der Waals surface area contributed by atoms with Crippen LogP contribution in [0.1, 0.15) is 44.1 Å². The minimum Gasteiger partial charge on any atom is -0.395 e. The summed E-state index contributed by atoms with van der Waals surface area (Å²) >= 11 is 0. The molecule has 1 aromatic carbocycles. The molecule has 2 aromatic rings. The van der Waals surface area contributed by atoms with Crippen LogP contribution in [0.15, 0.2) is 18.2 Å². The number of aromatic nitrogens is 2. The average molecular weight is 261 g/mol. The van der Waals surface area contributed by atoms with Gasteiger partial charge in [-0.05, 0) is 30.5 Å². The van der Waals surface area contributed by atoms with Crippen LogP contribution in [0, 0.1) is 0 Å². The Bertz CT molecular complexity index is 548. The van der Waals surface area contributed by atoms with E-state index in [1.807, 2.05) is 0 Å². The van der Waals surface area contributed by atoms with Gasteiger partial charge in [0.2, 0.25) is 0 Å². The average Bonchev–Trinajstić information content (AvgIpc) is 2.77. The van der Waals surface area contributed by atoms with Gasteiger partial charge in [0, 0.05) is 6.54 Å². The van der Waals surface area contributed by atoms with Crippen molar-refractivity contribution in [3.8, 4) is 0 Å². The van der Waals surface area contributed by atoms with E-state index in [4.69, 9.17) is 5.73 Å². The van der Waals surface area contributed by atoms with E-state index in [1.54, 1.807) is 0 Å². The molecule has 4 heteroatoms. The number of imidazole rings is 1. The number of nitrogens with zero attached hydrogens (tertiary/aromatic N) is 2. The Hall–Kier alpha value is -1.39. The van der Waals surface area contributed by atoms with Crippen LogP contribution >= 0.6 is 0 Å². The third kappa shape index (κ3) is 2.80. The third-order valence-electron chi connectivity index (χ3n) is 3.51. The van der Waals surface area contributed by atoms with Gasteiger partial charge in [0.25, 0.3) is 0 Å². The molecule has 1 unspecified atom stereocenters. The first-order chi connectivity index (χ1) is 9.21. The summed E-state index contributed by atoms with van der Waals surface area (Å²) in [5, 5.41) is 9.24. The Labute approximate surface area is 114 Å². The lowest BCUT2D eigenvalue weighted by Gasteiger charge is -2.13. The van der Waals surface area contributed by atoms with Gasteiger partial charge >= 0.3 is 0 Å². The van der Waals surface area contributed by atoms with E-state index in [1.165, 1.54) is 5.56 Å². The van der Waals surface area contributed by atoms with Gasteiger partial charge in [-0.2, -0.15) is 0 Å². The summed E-state index contributed by atoms with van der Waals surface area (Å²) in [5.41, 5.74) is 9.52. The van der Waals surface area contributed by atoms with Gasteiger partial charge in [0.15, 0.2) is 0 Å². The van der Waals surface area contributed by atoms with Crippen molar-refractivity contribution in [3.05, 3.63) is 29.6 Å². The zero-order valence-corrected chi connectivity index (χ0v) is 11.8. The summed E-state index contributed by atoms with van der Waals surface area (Å²) < 4.78 is 2.05. The second kappa shape index (κ2) is 6.17. The molecule has 1 aromatic heterocycles. The van der Waals surface area contributed by atoms with Gasteiger partial charge in [-0.15, -0.1) is 0 Å². The van der Waals surface area contributed by atoms with Crippen molar-refractivity contribution in [1.29, 1.82) is 0 Å². The molecule has 1 heterocycles. The van der Waals surface area contributed by atoms with E-state index in [9.17, 15) is 5.11 Å². The molecule has 0 fully saturated rings. The van der Waals surface area contributed by atoms with Crippen LogP contribution in [0.3, 0.4) is 0 Å². The SMILES string of the molecule is CCCC(N)c1nc2cc(CC)ccc2n1CCO. The van der Waals surface area contributed by atoms with Crippen molar-refractivity contribution in [2.75, 3.05) is 6.61 Å². The quantitative estimate of drug-likeness (QED) is 0.839. The fraction of sp³-hybridized carbons (Fsp3) is 0.533. The van der Waals surface area contributed by atoms with Crippen molar-refractivity contribution >= 4 is 11.0 Å². The fourth-order valence-electron chi connectivity index (χ4n) is 2.47. The number of nitrogens with two attached hydrogens (primary N) is 1. The van der Waals surface area contributed by atoms with Crippen LogP contribution in [-0.4, -0.2) is 21.3 Å². The molecular weight excluding hydrogens is 238 g/mol. The van der Waals surface area contributed by atoms with E-state index in [2.05, 4.69) is 41.6 Å². The van der Waals surface area contributed by atoms with Gasteiger partial charge in [0.05, 0.1) is 23.7 Å². The predicted molar refractivity (Wildman–Crippen MR) is 78.0 cm³/mol. The molecule has 0 aliphatic rings. The molecule has 0 bridgehead atoms. The van der Waals surface area contributed by atoms with E-state index in [-0.39, 0.29) is 12.6 Å². The lowest BCUT2D eigenvalue weighted by atomic mass is 10.1. The Balaban J connectivity index is 2.51. The molecule has 19 heavy (non-hydrogen) atoms. The third-order valence-corrected chi connectivity index (χ3v) is 3.51. The first kappa shape index (κ1) is 14.0. The maximum absolute atomic E-state index is 9.24. The van der Waals surface area contributed by atoms with Gasteiger partial charge in [0.1, 0.15) is 5.82 Å². The number of hydrogen-bond acceptors (Lipinski definition) is 3. The molecule has 3 N–H and O–H groups in total. The van der Waals surface area contributed by atoms with Crippen molar-refractivity contribution in [1.82, 2.24) is 9.55 Å². The van der Waals surface area contributed by atoms with Crippen LogP contribution in [0.4, 0.5) is 0 Å². The largest absolute Gasteiger partial charge is 0.395 e. The van der Waals surface area contributed by atoms with E-state index in [0.29, 0.717) is 6.54 Å². The lowest BCUT2D eigenvalue weighted by Crippen LogP contribution is -2.17. The number of aliphatic hydroxyl groups excluding tert-OH is 1. The van der Waals surface area contributed by atoms with E-state index in [0.717, 1.165) is 36.1 Å². The first-order valence-corrected chi connectivity index (χ1v) is 7.06. The Morgan fingerprint density at radius 3 is 2.79 bits per heavy atom. The minimum atomic E-state index is -0.0611. The zero-order chi connectivity index (χ0) is 13.8. The van der Waals surface area contributed by atoms with Crippen molar-refractivity contribution in [2.24, 2.45) is 5.73 Å². The normalized spacial score (nSPS) is 13.1. The van der Waals surface area contributed by atoms with E-state index >= 15 is 0 Å².